The lowest BCUT2D eigenvalue weighted by Crippen LogP contribution is -2.44. The second-order valence-corrected chi connectivity index (χ2v) is 6.30. The van der Waals surface area contributed by atoms with Crippen LogP contribution in [0.1, 0.15) is 56.7 Å². The molecule has 2 N–H and O–H groups in total. The van der Waals surface area contributed by atoms with E-state index in [9.17, 15) is 0 Å². The Morgan fingerprint density at radius 3 is 2.89 bits per heavy atom. The standard InChI is InChI=1S/C15H25N3O/c1-18-11-17-10-13(18)14(16)12-5-8-19-15(9-12)6-3-2-4-7-15/h10-12,14H,2-9,16H2,1H3. The molecule has 2 heterocycles. The molecule has 0 aromatic carbocycles. The summed E-state index contributed by atoms with van der Waals surface area (Å²) in [6.07, 6.45) is 12.4. The van der Waals surface area contributed by atoms with E-state index in [1.807, 2.05) is 24.1 Å². The van der Waals surface area contributed by atoms with E-state index in [2.05, 4.69) is 4.98 Å². The molecule has 1 spiro atoms. The highest BCUT2D eigenvalue weighted by atomic mass is 16.5. The molecule has 106 valence electrons. The van der Waals surface area contributed by atoms with E-state index in [0.29, 0.717) is 5.92 Å². The molecule has 2 unspecified atom stereocenters. The third-order valence-corrected chi connectivity index (χ3v) is 5.00. The molecule has 19 heavy (non-hydrogen) atoms. The summed E-state index contributed by atoms with van der Waals surface area (Å²) in [5.41, 5.74) is 7.78. The summed E-state index contributed by atoms with van der Waals surface area (Å²) in [4.78, 5) is 4.19. The minimum absolute atomic E-state index is 0.0928. The average molecular weight is 263 g/mol. The number of aromatic nitrogens is 2. The second-order valence-electron chi connectivity index (χ2n) is 6.30. The molecule has 3 rings (SSSR count). The Hall–Kier alpha value is -0.870. The van der Waals surface area contributed by atoms with Gasteiger partial charge in [0, 0.05) is 25.9 Å². The van der Waals surface area contributed by atoms with Crippen molar-refractivity contribution in [2.24, 2.45) is 18.7 Å². The fourth-order valence-electron chi connectivity index (χ4n) is 3.85. The van der Waals surface area contributed by atoms with Crippen molar-refractivity contribution in [2.45, 2.75) is 56.6 Å². The number of aryl methyl sites for hydroxylation is 1. The van der Waals surface area contributed by atoms with Crippen molar-refractivity contribution in [1.82, 2.24) is 9.55 Å². The molecule has 1 aromatic heterocycles. The van der Waals surface area contributed by atoms with Crippen molar-refractivity contribution >= 4 is 0 Å². The van der Waals surface area contributed by atoms with Crippen LogP contribution in [0.15, 0.2) is 12.5 Å². The van der Waals surface area contributed by atoms with Crippen LogP contribution < -0.4 is 5.73 Å². The van der Waals surface area contributed by atoms with E-state index in [0.717, 1.165) is 25.1 Å². The Kier molecular flexibility index (Phi) is 3.63. The number of imidazole rings is 1. The van der Waals surface area contributed by atoms with Gasteiger partial charge >= 0.3 is 0 Å². The lowest BCUT2D eigenvalue weighted by Gasteiger charge is -2.45. The molecule has 2 fully saturated rings. The molecule has 1 aromatic rings. The molecule has 1 aliphatic heterocycles. The Bertz CT molecular complexity index is 417. The highest BCUT2D eigenvalue weighted by Gasteiger charge is 2.40. The van der Waals surface area contributed by atoms with Crippen LogP contribution in [0.2, 0.25) is 0 Å². The van der Waals surface area contributed by atoms with Crippen LogP contribution in [-0.4, -0.2) is 21.8 Å². The molecule has 4 nitrogen and oxygen atoms in total. The van der Waals surface area contributed by atoms with Crippen LogP contribution in [0.4, 0.5) is 0 Å². The maximum absolute atomic E-state index is 6.49. The molecule has 1 saturated carbocycles. The van der Waals surface area contributed by atoms with Crippen LogP contribution in [-0.2, 0) is 11.8 Å². The molecular weight excluding hydrogens is 238 g/mol. The van der Waals surface area contributed by atoms with E-state index in [4.69, 9.17) is 10.5 Å². The fourth-order valence-corrected chi connectivity index (χ4v) is 3.85. The third-order valence-electron chi connectivity index (χ3n) is 5.00. The number of hydrogen-bond donors (Lipinski definition) is 1. The summed E-state index contributed by atoms with van der Waals surface area (Å²) < 4.78 is 8.21. The number of nitrogens with zero attached hydrogens (tertiary/aromatic N) is 2. The Morgan fingerprint density at radius 1 is 1.42 bits per heavy atom. The lowest BCUT2D eigenvalue weighted by molar-refractivity contribution is -0.120. The summed E-state index contributed by atoms with van der Waals surface area (Å²) in [5, 5.41) is 0. The zero-order valence-electron chi connectivity index (χ0n) is 11.8. The molecule has 0 radical (unpaired) electrons. The predicted octanol–water partition coefficient (Wildman–Crippen LogP) is 2.55. The fraction of sp³-hybridized carbons (Fsp3) is 0.800. The molecule has 2 atom stereocenters. The minimum Gasteiger partial charge on any atom is -0.375 e. The molecule has 2 aliphatic rings. The topological polar surface area (TPSA) is 53.1 Å². The van der Waals surface area contributed by atoms with Gasteiger partial charge < -0.3 is 15.0 Å². The van der Waals surface area contributed by atoms with Gasteiger partial charge in [0.25, 0.3) is 0 Å². The molecule has 1 aliphatic carbocycles. The van der Waals surface area contributed by atoms with Gasteiger partial charge in [0.15, 0.2) is 0 Å². The summed E-state index contributed by atoms with van der Waals surface area (Å²) in [6, 6.07) is 0.0928. The van der Waals surface area contributed by atoms with Gasteiger partial charge in [-0.25, -0.2) is 4.98 Å². The largest absolute Gasteiger partial charge is 0.375 e. The normalized spacial score (nSPS) is 28.4. The van der Waals surface area contributed by atoms with Crippen molar-refractivity contribution in [2.75, 3.05) is 6.61 Å². The quantitative estimate of drug-likeness (QED) is 0.892. The first-order chi connectivity index (χ1) is 9.20. The Labute approximate surface area is 115 Å². The van der Waals surface area contributed by atoms with Gasteiger partial charge in [-0.05, 0) is 31.6 Å². The first-order valence-electron chi connectivity index (χ1n) is 7.56. The van der Waals surface area contributed by atoms with E-state index < -0.39 is 0 Å². The zero-order valence-corrected chi connectivity index (χ0v) is 11.8. The highest BCUT2D eigenvalue weighted by Crippen LogP contribution is 2.43. The Balaban J connectivity index is 1.72. The molecule has 0 bridgehead atoms. The van der Waals surface area contributed by atoms with Gasteiger partial charge in [0.05, 0.1) is 17.6 Å². The van der Waals surface area contributed by atoms with Crippen LogP contribution in [0, 0.1) is 5.92 Å². The summed E-state index contributed by atoms with van der Waals surface area (Å²) >= 11 is 0. The first kappa shape index (κ1) is 13.1. The number of rotatable bonds is 2. The molecule has 4 heteroatoms. The smallest absolute Gasteiger partial charge is 0.0946 e. The van der Waals surface area contributed by atoms with Crippen molar-refractivity contribution in [1.29, 1.82) is 0 Å². The zero-order chi connectivity index (χ0) is 13.3. The van der Waals surface area contributed by atoms with Gasteiger partial charge in [0.1, 0.15) is 0 Å². The molecule has 1 saturated heterocycles. The number of ether oxygens (including phenoxy) is 1. The van der Waals surface area contributed by atoms with Gasteiger partial charge in [-0.3, -0.25) is 0 Å². The van der Waals surface area contributed by atoms with Gasteiger partial charge in [-0.1, -0.05) is 19.3 Å². The Morgan fingerprint density at radius 2 is 2.21 bits per heavy atom. The lowest BCUT2D eigenvalue weighted by atomic mass is 9.74. The first-order valence-corrected chi connectivity index (χ1v) is 7.56. The summed E-state index contributed by atoms with van der Waals surface area (Å²) in [6.45, 7) is 0.871. The van der Waals surface area contributed by atoms with Crippen molar-refractivity contribution in [3.63, 3.8) is 0 Å². The van der Waals surface area contributed by atoms with Crippen molar-refractivity contribution in [3.8, 4) is 0 Å². The SMILES string of the molecule is Cn1cncc1C(N)C1CCOC2(CCCCC2)C1. The minimum atomic E-state index is 0.0928. The number of nitrogens with two attached hydrogens (primary N) is 1. The van der Waals surface area contributed by atoms with Crippen LogP contribution in [0.5, 0.6) is 0 Å². The third kappa shape index (κ3) is 2.56. The van der Waals surface area contributed by atoms with Gasteiger partial charge in [0.2, 0.25) is 0 Å². The van der Waals surface area contributed by atoms with Gasteiger partial charge in [-0.2, -0.15) is 0 Å². The van der Waals surface area contributed by atoms with Crippen LogP contribution in [0.25, 0.3) is 0 Å². The van der Waals surface area contributed by atoms with E-state index in [1.54, 1.807) is 0 Å². The maximum atomic E-state index is 6.49. The number of hydrogen-bond acceptors (Lipinski definition) is 3. The summed E-state index contributed by atoms with van der Waals surface area (Å²) in [7, 11) is 2.03. The highest BCUT2D eigenvalue weighted by molar-refractivity contribution is 5.07. The summed E-state index contributed by atoms with van der Waals surface area (Å²) in [5.74, 6) is 0.530. The molecular formula is C15H25N3O. The molecule has 0 amide bonds. The predicted molar refractivity (Wildman–Crippen MR) is 74.6 cm³/mol. The van der Waals surface area contributed by atoms with E-state index in [1.165, 1.54) is 32.1 Å². The van der Waals surface area contributed by atoms with Gasteiger partial charge in [-0.15, -0.1) is 0 Å². The van der Waals surface area contributed by atoms with E-state index in [-0.39, 0.29) is 11.6 Å². The van der Waals surface area contributed by atoms with Crippen LogP contribution in [0.3, 0.4) is 0 Å². The van der Waals surface area contributed by atoms with E-state index >= 15 is 0 Å². The second kappa shape index (κ2) is 5.25. The maximum Gasteiger partial charge on any atom is 0.0946 e. The van der Waals surface area contributed by atoms with Crippen LogP contribution >= 0.6 is 0 Å². The average Bonchev–Trinajstić information content (AvgIpc) is 2.85. The van der Waals surface area contributed by atoms with Crippen molar-refractivity contribution < 1.29 is 4.74 Å². The monoisotopic (exact) mass is 263 g/mol. The van der Waals surface area contributed by atoms with Crippen molar-refractivity contribution in [3.05, 3.63) is 18.2 Å².